The van der Waals surface area contributed by atoms with Gasteiger partial charge in [-0.2, -0.15) is 0 Å². The van der Waals surface area contributed by atoms with Crippen LogP contribution >= 0.6 is 0 Å². The molecule has 0 unspecified atom stereocenters. The fourth-order valence-electron chi connectivity index (χ4n) is 2.53. The normalized spacial score (nSPS) is 10.4. The van der Waals surface area contributed by atoms with Crippen molar-refractivity contribution in [1.29, 1.82) is 0 Å². The largest absolute Gasteiger partial charge is 0.322 e. The zero-order valence-corrected chi connectivity index (χ0v) is 14.2. The van der Waals surface area contributed by atoms with Crippen molar-refractivity contribution < 1.29 is 14.1 Å². The number of hydrogen-bond acceptors (Lipinski definition) is 4. The number of aromatic nitrogens is 1. The lowest BCUT2D eigenvalue weighted by molar-refractivity contribution is -0.385. The standard InChI is InChI=1S/C19H14FN3O4/c1-11-2-7-14(10-17(11)23(26)27)21-18(24)15-8-9-16(22-19(15)25)12-3-5-13(20)6-4-12/h2-10H,1H3,(H,21,24)(H,22,25). The third-order valence-corrected chi connectivity index (χ3v) is 3.97. The maximum atomic E-state index is 13.0. The van der Waals surface area contributed by atoms with Crippen molar-refractivity contribution in [3.63, 3.8) is 0 Å². The van der Waals surface area contributed by atoms with Gasteiger partial charge in [-0.15, -0.1) is 0 Å². The molecule has 0 bridgehead atoms. The zero-order chi connectivity index (χ0) is 19.6. The van der Waals surface area contributed by atoms with Gasteiger partial charge < -0.3 is 10.3 Å². The number of aryl methyl sites for hydroxylation is 1. The molecule has 0 saturated carbocycles. The van der Waals surface area contributed by atoms with Crippen molar-refractivity contribution in [3.05, 3.63) is 92.0 Å². The molecule has 0 fully saturated rings. The fourth-order valence-corrected chi connectivity index (χ4v) is 2.53. The summed E-state index contributed by atoms with van der Waals surface area (Å²) in [6, 6.07) is 12.7. The van der Waals surface area contributed by atoms with Crippen LogP contribution in [-0.2, 0) is 0 Å². The summed E-state index contributed by atoms with van der Waals surface area (Å²) in [7, 11) is 0. The minimum Gasteiger partial charge on any atom is -0.322 e. The van der Waals surface area contributed by atoms with Crippen LogP contribution in [0.25, 0.3) is 11.3 Å². The first kappa shape index (κ1) is 18.0. The van der Waals surface area contributed by atoms with Crippen LogP contribution in [0.5, 0.6) is 0 Å². The van der Waals surface area contributed by atoms with Crippen LogP contribution in [0.3, 0.4) is 0 Å². The number of nitrogens with one attached hydrogen (secondary N) is 2. The molecule has 0 spiro atoms. The number of pyridine rings is 1. The van der Waals surface area contributed by atoms with Gasteiger partial charge in [0.1, 0.15) is 11.4 Å². The number of carbonyl (C=O) groups excluding carboxylic acids is 1. The van der Waals surface area contributed by atoms with E-state index in [0.29, 0.717) is 16.8 Å². The lowest BCUT2D eigenvalue weighted by Crippen LogP contribution is -2.23. The van der Waals surface area contributed by atoms with E-state index in [9.17, 15) is 24.1 Å². The number of H-pyrrole nitrogens is 1. The van der Waals surface area contributed by atoms with Crippen LogP contribution in [0, 0.1) is 22.9 Å². The average molecular weight is 367 g/mol. The molecule has 8 heteroatoms. The number of nitro benzene ring substituents is 1. The molecule has 0 atom stereocenters. The van der Waals surface area contributed by atoms with Crippen LogP contribution in [0.15, 0.2) is 59.4 Å². The number of nitrogens with zero attached hydrogens (tertiary/aromatic N) is 1. The van der Waals surface area contributed by atoms with E-state index < -0.39 is 22.2 Å². The molecule has 27 heavy (non-hydrogen) atoms. The van der Waals surface area contributed by atoms with Crippen molar-refractivity contribution in [2.45, 2.75) is 6.92 Å². The monoisotopic (exact) mass is 367 g/mol. The zero-order valence-electron chi connectivity index (χ0n) is 14.2. The topological polar surface area (TPSA) is 105 Å². The molecular weight excluding hydrogens is 353 g/mol. The maximum Gasteiger partial charge on any atom is 0.274 e. The number of carbonyl (C=O) groups is 1. The van der Waals surface area contributed by atoms with E-state index in [0.717, 1.165) is 0 Å². The molecule has 3 rings (SSSR count). The molecular formula is C19H14FN3O4. The summed E-state index contributed by atoms with van der Waals surface area (Å²) in [6.45, 7) is 1.59. The summed E-state index contributed by atoms with van der Waals surface area (Å²) in [4.78, 5) is 37.6. The Morgan fingerprint density at radius 3 is 2.44 bits per heavy atom. The fraction of sp³-hybridized carbons (Fsp3) is 0.0526. The van der Waals surface area contributed by atoms with Crippen molar-refractivity contribution in [1.82, 2.24) is 4.98 Å². The quantitative estimate of drug-likeness (QED) is 0.542. The minimum absolute atomic E-state index is 0.131. The van der Waals surface area contributed by atoms with E-state index in [-0.39, 0.29) is 16.9 Å². The van der Waals surface area contributed by atoms with E-state index in [1.165, 1.54) is 54.6 Å². The van der Waals surface area contributed by atoms with E-state index >= 15 is 0 Å². The lowest BCUT2D eigenvalue weighted by atomic mass is 10.1. The molecule has 0 aliphatic heterocycles. The van der Waals surface area contributed by atoms with Crippen molar-refractivity contribution in [2.75, 3.05) is 5.32 Å². The Morgan fingerprint density at radius 1 is 1.11 bits per heavy atom. The molecule has 1 aromatic heterocycles. The van der Waals surface area contributed by atoms with Crippen LogP contribution < -0.4 is 10.9 Å². The number of halogens is 1. The molecule has 0 aliphatic rings. The first-order chi connectivity index (χ1) is 12.8. The first-order valence-electron chi connectivity index (χ1n) is 7.91. The molecule has 136 valence electrons. The van der Waals surface area contributed by atoms with Gasteiger partial charge in [0, 0.05) is 23.0 Å². The predicted molar refractivity (Wildman–Crippen MR) is 98.2 cm³/mol. The van der Waals surface area contributed by atoms with E-state index in [1.807, 2.05) is 0 Å². The second kappa shape index (κ2) is 7.20. The Morgan fingerprint density at radius 2 is 1.81 bits per heavy atom. The van der Waals surface area contributed by atoms with Gasteiger partial charge in [-0.05, 0) is 55.0 Å². The van der Waals surface area contributed by atoms with Gasteiger partial charge in [-0.1, -0.05) is 6.07 Å². The summed E-state index contributed by atoms with van der Waals surface area (Å²) in [5.41, 5.74) is 0.782. The third-order valence-electron chi connectivity index (χ3n) is 3.97. The molecule has 2 aromatic carbocycles. The molecule has 1 heterocycles. The number of rotatable bonds is 4. The number of nitro groups is 1. The average Bonchev–Trinajstić information content (AvgIpc) is 2.63. The van der Waals surface area contributed by atoms with E-state index in [4.69, 9.17) is 0 Å². The SMILES string of the molecule is Cc1ccc(NC(=O)c2ccc(-c3ccc(F)cc3)[nH]c2=O)cc1[N+](=O)[O-]. The molecule has 7 nitrogen and oxygen atoms in total. The van der Waals surface area contributed by atoms with Crippen LogP contribution in [-0.4, -0.2) is 15.8 Å². The summed E-state index contributed by atoms with van der Waals surface area (Å²) < 4.78 is 13.0. The number of aromatic amines is 1. The van der Waals surface area contributed by atoms with Gasteiger partial charge >= 0.3 is 0 Å². The van der Waals surface area contributed by atoms with Gasteiger partial charge in [0.15, 0.2) is 0 Å². The van der Waals surface area contributed by atoms with E-state index in [1.54, 1.807) is 6.92 Å². The van der Waals surface area contributed by atoms with Gasteiger partial charge in [-0.3, -0.25) is 19.7 Å². The Labute approximate surface area is 152 Å². The van der Waals surface area contributed by atoms with Crippen molar-refractivity contribution in [3.8, 4) is 11.3 Å². The molecule has 0 aliphatic carbocycles. The van der Waals surface area contributed by atoms with Gasteiger partial charge in [0.25, 0.3) is 17.2 Å². The predicted octanol–water partition coefficient (Wildman–Crippen LogP) is 3.65. The second-order valence-corrected chi connectivity index (χ2v) is 5.83. The minimum atomic E-state index is -0.694. The van der Waals surface area contributed by atoms with Crippen molar-refractivity contribution in [2.24, 2.45) is 0 Å². The van der Waals surface area contributed by atoms with Crippen LogP contribution in [0.4, 0.5) is 15.8 Å². The van der Waals surface area contributed by atoms with Crippen molar-refractivity contribution >= 4 is 17.3 Å². The highest BCUT2D eigenvalue weighted by atomic mass is 19.1. The van der Waals surface area contributed by atoms with Crippen LogP contribution in [0.1, 0.15) is 15.9 Å². The Kier molecular flexibility index (Phi) is 4.80. The molecule has 0 saturated heterocycles. The van der Waals surface area contributed by atoms with Gasteiger partial charge in [-0.25, -0.2) is 4.39 Å². The lowest BCUT2D eigenvalue weighted by Gasteiger charge is -2.07. The first-order valence-corrected chi connectivity index (χ1v) is 7.91. The maximum absolute atomic E-state index is 13.0. The molecule has 1 amide bonds. The number of benzene rings is 2. The smallest absolute Gasteiger partial charge is 0.274 e. The Hall–Kier alpha value is -3.81. The van der Waals surface area contributed by atoms with Gasteiger partial charge in [0.2, 0.25) is 0 Å². The summed E-state index contributed by atoms with van der Waals surface area (Å²) in [5.74, 6) is -1.09. The molecule has 2 N–H and O–H groups in total. The summed E-state index contributed by atoms with van der Waals surface area (Å²) in [5, 5.41) is 13.5. The van der Waals surface area contributed by atoms with Gasteiger partial charge in [0.05, 0.1) is 4.92 Å². The highest BCUT2D eigenvalue weighted by molar-refractivity contribution is 6.04. The highest BCUT2D eigenvalue weighted by Crippen LogP contribution is 2.22. The molecule has 0 radical (unpaired) electrons. The summed E-state index contributed by atoms with van der Waals surface area (Å²) >= 11 is 0. The second-order valence-electron chi connectivity index (χ2n) is 5.83. The third kappa shape index (κ3) is 3.90. The molecule has 3 aromatic rings. The Bertz CT molecular complexity index is 1090. The number of amides is 1. The van der Waals surface area contributed by atoms with Crippen LogP contribution in [0.2, 0.25) is 0 Å². The summed E-state index contributed by atoms with van der Waals surface area (Å²) in [6.07, 6.45) is 0. The Balaban J connectivity index is 1.85. The van der Waals surface area contributed by atoms with E-state index in [2.05, 4.69) is 10.3 Å². The number of anilines is 1. The number of hydrogen-bond donors (Lipinski definition) is 2. The highest BCUT2D eigenvalue weighted by Gasteiger charge is 2.15.